The van der Waals surface area contributed by atoms with Gasteiger partial charge in [-0.25, -0.2) is 0 Å². The lowest BCUT2D eigenvalue weighted by Crippen LogP contribution is -2.53. The largest absolute Gasteiger partial charge is 0.373 e. The number of hydrogen-bond donors (Lipinski definition) is 0. The topological polar surface area (TPSA) is 53.8 Å². The maximum atomic E-state index is 13.3. The van der Waals surface area contributed by atoms with Crippen molar-refractivity contribution >= 4 is 5.91 Å². The van der Waals surface area contributed by atoms with Crippen molar-refractivity contribution in [3.8, 4) is 0 Å². The highest BCUT2D eigenvalue weighted by molar-refractivity contribution is 5.80. The Morgan fingerprint density at radius 2 is 1.96 bits per heavy atom. The zero-order chi connectivity index (χ0) is 19.5. The van der Waals surface area contributed by atoms with Gasteiger partial charge in [0.05, 0.1) is 24.9 Å². The average molecular weight is 388 g/mol. The number of likely N-dealkylation sites (N-methyl/N-ethyl adjacent to an activating group) is 1. The highest BCUT2D eigenvalue weighted by Crippen LogP contribution is 2.33. The molecule has 0 saturated carbocycles. The number of carbonyl (C=O) groups excluding carboxylic acids is 1. The summed E-state index contributed by atoms with van der Waals surface area (Å²) in [6.45, 7) is 6.50. The first-order valence-corrected chi connectivity index (χ1v) is 10.6. The zero-order valence-electron chi connectivity index (χ0n) is 17.2. The number of rotatable bonds is 4. The van der Waals surface area contributed by atoms with E-state index in [1.165, 1.54) is 6.42 Å². The molecule has 1 aromatic heterocycles. The molecule has 4 rings (SSSR count). The van der Waals surface area contributed by atoms with Crippen LogP contribution in [0.5, 0.6) is 0 Å². The number of ether oxygens (including phenoxy) is 1. The minimum atomic E-state index is -0.0588. The molecule has 7 heteroatoms. The fourth-order valence-corrected chi connectivity index (χ4v) is 4.71. The standard InChI is InChI=1S/C21H33N5O2/c1-23-8-5-9-25(11-10-23)16-19-20(18-14-22-24(2)15-18)26(12-13-28-19)21(27)17-6-3-4-7-17/h3-4,14-15,17,19-20H,5-13,16H2,1-2H3/t19-,20-/m0/s1. The van der Waals surface area contributed by atoms with E-state index in [9.17, 15) is 4.79 Å². The molecule has 2 atom stereocenters. The van der Waals surface area contributed by atoms with Crippen molar-refractivity contribution < 1.29 is 9.53 Å². The van der Waals surface area contributed by atoms with Crippen molar-refractivity contribution in [3.05, 3.63) is 30.1 Å². The van der Waals surface area contributed by atoms with Crippen LogP contribution in [0.25, 0.3) is 0 Å². The van der Waals surface area contributed by atoms with Gasteiger partial charge in [0.25, 0.3) is 0 Å². The van der Waals surface area contributed by atoms with Gasteiger partial charge in [0.15, 0.2) is 0 Å². The monoisotopic (exact) mass is 387 g/mol. The summed E-state index contributed by atoms with van der Waals surface area (Å²) in [6.07, 6.45) is 11.1. The third kappa shape index (κ3) is 4.31. The molecule has 0 N–H and O–H groups in total. The molecule has 2 aliphatic heterocycles. The second-order valence-corrected chi connectivity index (χ2v) is 8.43. The van der Waals surface area contributed by atoms with Gasteiger partial charge in [-0.1, -0.05) is 12.2 Å². The molecule has 1 aliphatic carbocycles. The normalized spacial score (nSPS) is 28.0. The maximum Gasteiger partial charge on any atom is 0.226 e. The number of carbonyl (C=O) groups is 1. The molecule has 0 unspecified atom stereocenters. The number of allylic oxidation sites excluding steroid dienone is 2. The molecular weight excluding hydrogens is 354 g/mol. The number of nitrogens with zero attached hydrogens (tertiary/aromatic N) is 5. The van der Waals surface area contributed by atoms with E-state index >= 15 is 0 Å². The highest BCUT2D eigenvalue weighted by atomic mass is 16.5. The Hall–Kier alpha value is -1.70. The van der Waals surface area contributed by atoms with Crippen molar-refractivity contribution in [2.24, 2.45) is 13.0 Å². The third-order valence-corrected chi connectivity index (χ3v) is 6.31. The second kappa shape index (κ2) is 8.76. The maximum absolute atomic E-state index is 13.3. The number of morpholine rings is 1. The van der Waals surface area contributed by atoms with Crippen LogP contribution in [0.3, 0.4) is 0 Å². The van der Waals surface area contributed by atoms with E-state index in [1.807, 2.05) is 24.1 Å². The smallest absolute Gasteiger partial charge is 0.226 e. The minimum Gasteiger partial charge on any atom is -0.373 e. The summed E-state index contributed by atoms with van der Waals surface area (Å²) in [6, 6.07) is -0.0588. The fourth-order valence-electron chi connectivity index (χ4n) is 4.71. The molecule has 0 aromatic carbocycles. The Balaban J connectivity index is 1.54. The molecule has 28 heavy (non-hydrogen) atoms. The van der Waals surface area contributed by atoms with Gasteiger partial charge in [-0.3, -0.25) is 14.4 Å². The predicted molar refractivity (Wildman–Crippen MR) is 108 cm³/mol. The van der Waals surface area contributed by atoms with Crippen LogP contribution in [-0.4, -0.2) is 89.4 Å². The third-order valence-electron chi connectivity index (χ3n) is 6.31. The molecular formula is C21H33N5O2. The number of aromatic nitrogens is 2. The summed E-state index contributed by atoms with van der Waals surface area (Å²) in [4.78, 5) is 20.3. The summed E-state index contributed by atoms with van der Waals surface area (Å²) in [5.74, 6) is 0.354. The van der Waals surface area contributed by atoms with Crippen molar-refractivity contribution in [1.82, 2.24) is 24.5 Å². The first-order chi connectivity index (χ1) is 13.6. The van der Waals surface area contributed by atoms with E-state index in [-0.39, 0.29) is 24.0 Å². The molecule has 154 valence electrons. The van der Waals surface area contributed by atoms with Gasteiger partial charge in [-0.05, 0) is 39.4 Å². The van der Waals surface area contributed by atoms with Gasteiger partial charge in [-0.2, -0.15) is 5.10 Å². The molecule has 3 heterocycles. The predicted octanol–water partition coefficient (Wildman–Crippen LogP) is 1.29. The number of hydrogen-bond acceptors (Lipinski definition) is 5. The quantitative estimate of drug-likeness (QED) is 0.729. The van der Waals surface area contributed by atoms with E-state index in [4.69, 9.17) is 4.74 Å². The van der Waals surface area contributed by atoms with Crippen molar-refractivity contribution in [1.29, 1.82) is 0 Å². The van der Waals surface area contributed by atoms with Crippen molar-refractivity contribution in [2.75, 3.05) is 52.9 Å². The van der Waals surface area contributed by atoms with Gasteiger partial charge in [0, 0.05) is 50.9 Å². The molecule has 0 radical (unpaired) electrons. The van der Waals surface area contributed by atoms with E-state index in [0.717, 1.165) is 51.1 Å². The van der Waals surface area contributed by atoms with Crippen LogP contribution in [0, 0.1) is 5.92 Å². The van der Waals surface area contributed by atoms with Crippen LogP contribution < -0.4 is 0 Å². The molecule has 0 bridgehead atoms. The number of aryl methyl sites for hydroxylation is 1. The fraction of sp³-hybridized carbons (Fsp3) is 0.714. The minimum absolute atomic E-state index is 0.0142. The lowest BCUT2D eigenvalue weighted by Gasteiger charge is -2.43. The van der Waals surface area contributed by atoms with E-state index < -0.39 is 0 Å². The first-order valence-electron chi connectivity index (χ1n) is 10.6. The summed E-state index contributed by atoms with van der Waals surface area (Å²) in [5.41, 5.74) is 1.08. The van der Waals surface area contributed by atoms with Crippen molar-refractivity contribution in [3.63, 3.8) is 0 Å². The lowest BCUT2D eigenvalue weighted by atomic mass is 9.97. The first kappa shape index (κ1) is 19.6. The Labute approximate surface area is 167 Å². The van der Waals surface area contributed by atoms with Crippen LogP contribution in [-0.2, 0) is 16.6 Å². The van der Waals surface area contributed by atoms with E-state index in [1.54, 1.807) is 0 Å². The highest BCUT2D eigenvalue weighted by Gasteiger charge is 2.40. The molecule has 2 saturated heterocycles. The molecule has 0 spiro atoms. The van der Waals surface area contributed by atoms with Gasteiger partial charge < -0.3 is 14.5 Å². The van der Waals surface area contributed by atoms with Crippen LogP contribution in [0.15, 0.2) is 24.5 Å². The molecule has 7 nitrogen and oxygen atoms in total. The van der Waals surface area contributed by atoms with Crippen LogP contribution in [0.4, 0.5) is 0 Å². The second-order valence-electron chi connectivity index (χ2n) is 8.43. The molecule has 2 fully saturated rings. The van der Waals surface area contributed by atoms with Gasteiger partial charge in [-0.15, -0.1) is 0 Å². The Morgan fingerprint density at radius 3 is 2.71 bits per heavy atom. The Bertz CT molecular complexity index is 695. The van der Waals surface area contributed by atoms with Crippen LogP contribution in [0.1, 0.15) is 30.9 Å². The molecule has 1 amide bonds. The summed E-state index contributed by atoms with van der Waals surface area (Å²) >= 11 is 0. The summed E-state index contributed by atoms with van der Waals surface area (Å²) in [7, 11) is 4.12. The van der Waals surface area contributed by atoms with Crippen LogP contribution in [0.2, 0.25) is 0 Å². The summed E-state index contributed by atoms with van der Waals surface area (Å²) in [5, 5.41) is 4.38. The Kier molecular flexibility index (Phi) is 6.13. The number of amides is 1. The molecule has 3 aliphatic rings. The van der Waals surface area contributed by atoms with E-state index in [0.29, 0.717) is 13.2 Å². The Morgan fingerprint density at radius 1 is 1.14 bits per heavy atom. The van der Waals surface area contributed by atoms with Gasteiger partial charge in [0.2, 0.25) is 5.91 Å². The molecule has 1 aromatic rings. The van der Waals surface area contributed by atoms with Gasteiger partial charge >= 0.3 is 0 Å². The zero-order valence-corrected chi connectivity index (χ0v) is 17.2. The summed E-state index contributed by atoms with van der Waals surface area (Å²) < 4.78 is 8.09. The lowest BCUT2D eigenvalue weighted by molar-refractivity contribution is -0.152. The average Bonchev–Trinajstić information content (AvgIpc) is 3.33. The van der Waals surface area contributed by atoms with Gasteiger partial charge in [0.1, 0.15) is 0 Å². The van der Waals surface area contributed by atoms with Crippen molar-refractivity contribution in [2.45, 2.75) is 31.4 Å². The SMILES string of the molecule is CN1CCCN(C[C@@H]2OCCN(C(=O)C3CC=CC3)[C@H]2c2cnn(C)c2)CC1. The van der Waals surface area contributed by atoms with Crippen LogP contribution >= 0.6 is 0 Å². The van der Waals surface area contributed by atoms with E-state index in [2.05, 4.69) is 39.0 Å².